The van der Waals surface area contributed by atoms with Crippen LogP contribution in [0.25, 0.3) is 22.0 Å². The molecule has 41 heavy (non-hydrogen) atoms. The second-order valence-corrected chi connectivity index (χ2v) is 10.5. The smallest absolute Gasteiger partial charge is 0.317 e. The second-order valence-electron chi connectivity index (χ2n) is 10.5. The van der Waals surface area contributed by atoms with Crippen molar-refractivity contribution in [3.63, 3.8) is 0 Å². The summed E-state index contributed by atoms with van der Waals surface area (Å²) in [4.78, 5) is 22.6. The van der Waals surface area contributed by atoms with Gasteiger partial charge in [0.25, 0.3) is 0 Å². The van der Waals surface area contributed by atoms with Crippen molar-refractivity contribution in [1.82, 2.24) is 20.2 Å². The van der Waals surface area contributed by atoms with Gasteiger partial charge in [0.1, 0.15) is 5.75 Å². The first-order chi connectivity index (χ1) is 20.0. The van der Waals surface area contributed by atoms with Crippen molar-refractivity contribution >= 4 is 16.9 Å². The van der Waals surface area contributed by atoms with Crippen LogP contribution in [0.4, 0.5) is 0 Å². The van der Waals surface area contributed by atoms with Gasteiger partial charge < -0.3 is 19.9 Å². The molecule has 2 aromatic carbocycles. The number of carboxylic acid groups (broad SMARTS) is 1. The van der Waals surface area contributed by atoms with Gasteiger partial charge in [-0.15, -0.1) is 0 Å². The minimum absolute atomic E-state index is 0.0846. The molecule has 8 heteroatoms. The SMILES string of the molecule is Cc1c(Cc2nccc3cc(CNCC(=O)O)cnc23)cccc1-c1cccc(OCCCN2CCOCC2)c1C. The molecule has 0 aliphatic carbocycles. The van der Waals surface area contributed by atoms with Crippen LogP contribution in [0.3, 0.4) is 0 Å². The van der Waals surface area contributed by atoms with E-state index in [-0.39, 0.29) is 6.54 Å². The van der Waals surface area contributed by atoms with Gasteiger partial charge in [0, 0.05) is 50.4 Å². The molecule has 5 rings (SSSR count). The normalized spacial score (nSPS) is 13.9. The van der Waals surface area contributed by atoms with Crippen molar-refractivity contribution in [2.45, 2.75) is 33.2 Å². The molecule has 1 saturated heterocycles. The third kappa shape index (κ3) is 7.27. The highest BCUT2D eigenvalue weighted by Crippen LogP contribution is 2.34. The Morgan fingerprint density at radius 1 is 1.05 bits per heavy atom. The topological polar surface area (TPSA) is 96.8 Å². The number of morpholine rings is 1. The number of hydrogen-bond donors (Lipinski definition) is 2. The van der Waals surface area contributed by atoms with Crippen molar-refractivity contribution < 1.29 is 19.4 Å². The molecule has 0 spiro atoms. The Balaban J connectivity index is 1.30. The number of rotatable bonds is 12. The van der Waals surface area contributed by atoms with Gasteiger partial charge in [0.05, 0.1) is 37.6 Å². The van der Waals surface area contributed by atoms with Crippen LogP contribution in [-0.2, 0) is 22.5 Å². The van der Waals surface area contributed by atoms with Gasteiger partial charge in [-0.2, -0.15) is 0 Å². The van der Waals surface area contributed by atoms with E-state index in [2.05, 4.69) is 65.4 Å². The zero-order chi connectivity index (χ0) is 28.6. The van der Waals surface area contributed by atoms with Gasteiger partial charge in [-0.1, -0.05) is 30.3 Å². The molecule has 0 saturated carbocycles. The standard InChI is InChI=1S/C33H38N4O4/c1-23-26(19-30-33-27(10-11-35-30)18-25(21-36-33)20-34-22-32(38)39)6-3-7-28(23)29-8-4-9-31(24(29)2)41-15-5-12-37-13-16-40-17-14-37/h3-4,6-11,18,21,34H,5,12-17,19-20,22H2,1-2H3,(H,38,39). The highest BCUT2D eigenvalue weighted by molar-refractivity contribution is 5.81. The van der Waals surface area contributed by atoms with Crippen LogP contribution in [0.1, 0.15) is 34.4 Å². The van der Waals surface area contributed by atoms with E-state index in [0.29, 0.717) is 19.6 Å². The van der Waals surface area contributed by atoms with Crippen LogP contribution in [0.2, 0.25) is 0 Å². The number of hydrogen-bond acceptors (Lipinski definition) is 7. The highest BCUT2D eigenvalue weighted by Gasteiger charge is 2.15. The van der Waals surface area contributed by atoms with E-state index in [1.807, 2.05) is 18.3 Å². The van der Waals surface area contributed by atoms with Gasteiger partial charge in [-0.05, 0) is 71.8 Å². The maximum absolute atomic E-state index is 10.8. The predicted molar refractivity (Wildman–Crippen MR) is 160 cm³/mol. The number of aromatic nitrogens is 2. The Morgan fingerprint density at radius 2 is 1.83 bits per heavy atom. The molecule has 214 valence electrons. The Labute approximate surface area is 241 Å². The molecule has 0 bridgehead atoms. The third-order valence-electron chi connectivity index (χ3n) is 7.70. The fourth-order valence-electron chi connectivity index (χ4n) is 5.41. The van der Waals surface area contributed by atoms with E-state index in [9.17, 15) is 4.79 Å². The first-order valence-electron chi connectivity index (χ1n) is 14.3. The Morgan fingerprint density at radius 3 is 2.63 bits per heavy atom. The second kappa shape index (κ2) is 13.7. The summed E-state index contributed by atoms with van der Waals surface area (Å²) < 4.78 is 11.7. The predicted octanol–water partition coefficient (Wildman–Crippen LogP) is 4.78. The van der Waals surface area contributed by atoms with Crippen LogP contribution in [0.5, 0.6) is 5.75 Å². The molecule has 3 heterocycles. The quantitative estimate of drug-likeness (QED) is 0.242. The van der Waals surface area contributed by atoms with E-state index >= 15 is 0 Å². The van der Waals surface area contributed by atoms with Crippen molar-refractivity contribution in [3.05, 3.63) is 88.9 Å². The lowest BCUT2D eigenvalue weighted by atomic mass is 9.91. The van der Waals surface area contributed by atoms with Crippen LogP contribution in [0.15, 0.2) is 60.9 Å². The summed E-state index contributed by atoms with van der Waals surface area (Å²) in [7, 11) is 0. The zero-order valence-corrected chi connectivity index (χ0v) is 23.9. The summed E-state index contributed by atoms with van der Waals surface area (Å²) in [6.07, 6.45) is 5.26. The average molecular weight is 555 g/mol. The number of nitrogens with one attached hydrogen (secondary N) is 1. The lowest BCUT2D eigenvalue weighted by Gasteiger charge is -2.26. The lowest BCUT2D eigenvalue weighted by molar-refractivity contribution is -0.136. The van der Waals surface area contributed by atoms with Gasteiger partial charge in [0.2, 0.25) is 0 Å². The van der Waals surface area contributed by atoms with Crippen molar-refractivity contribution in [3.8, 4) is 16.9 Å². The summed E-state index contributed by atoms with van der Waals surface area (Å²) in [6.45, 7) is 10.0. The molecular weight excluding hydrogens is 516 g/mol. The highest BCUT2D eigenvalue weighted by atomic mass is 16.5. The number of carboxylic acids is 1. The van der Waals surface area contributed by atoms with E-state index < -0.39 is 5.97 Å². The number of pyridine rings is 2. The van der Waals surface area contributed by atoms with E-state index in [1.165, 1.54) is 22.3 Å². The molecule has 4 aromatic rings. The van der Waals surface area contributed by atoms with Crippen molar-refractivity contribution in [2.24, 2.45) is 0 Å². The van der Waals surface area contributed by atoms with E-state index in [0.717, 1.165) is 72.7 Å². The summed E-state index contributed by atoms with van der Waals surface area (Å²) in [5, 5.41) is 12.8. The van der Waals surface area contributed by atoms with Crippen LogP contribution in [-0.4, -0.2) is 71.9 Å². The molecule has 1 aliphatic rings. The van der Waals surface area contributed by atoms with Gasteiger partial charge in [-0.25, -0.2) is 0 Å². The molecule has 0 radical (unpaired) electrons. The van der Waals surface area contributed by atoms with Gasteiger partial charge in [0.15, 0.2) is 0 Å². The maximum Gasteiger partial charge on any atom is 0.317 e. The minimum atomic E-state index is -0.878. The van der Waals surface area contributed by atoms with Crippen LogP contribution < -0.4 is 10.1 Å². The molecule has 1 aliphatic heterocycles. The summed E-state index contributed by atoms with van der Waals surface area (Å²) in [5.41, 5.74) is 8.66. The molecule has 8 nitrogen and oxygen atoms in total. The van der Waals surface area contributed by atoms with Crippen molar-refractivity contribution in [1.29, 1.82) is 0 Å². The fraction of sp³-hybridized carbons (Fsp3) is 0.364. The number of aliphatic carboxylic acids is 1. The number of benzene rings is 2. The molecule has 2 N–H and O–H groups in total. The minimum Gasteiger partial charge on any atom is -0.493 e. The first kappa shape index (κ1) is 28.7. The zero-order valence-electron chi connectivity index (χ0n) is 23.9. The number of carbonyl (C=O) groups is 1. The summed E-state index contributed by atoms with van der Waals surface area (Å²) in [5.74, 6) is 0.0552. The number of ether oxygens (including phenoxy) is 2. The van der Waals surface area contributed by atoms with E-state index in [1.54, 1.807) is 6.20 Å². The Kier molecular flexibility index (Phi) is 9.56. The van der Waals surface area contributed by atoms with Crippen LogP contribution >= 0.6 is 0 Å². The molecule has 0 unspecified atom stereocenters. The largest absolute Gasteiger partial charge is 0.493 e. The molecular formula is C33H38N4O4. The Hall–Kier alpha value is -3.85. The van der Waals surface area contributed by atoms with Crippen LogP contribution in [0, 0.1) is 13.8 Å². The first-order valence-corrected chi connectivity index (χ1v) is 14.3. The number of fused-ring (bicyclic) bond motifs is 1. The molecule has 2 aromatic heterocycles. The number of nitrogens with zero attached hydrogens (tertiary/aromatic N) is 3. The molecule has 0 amide bonds. The van der Waals surface area contributed by atoms with E-state index in [4.69, 9.17) is 19.6 Å². The Bertz CT molecular complexity index is 1500. The van der Waals surface area contributed by atoms with Crippen molar-refractivity contribution in [2.75, 3.05) is 46.0 Å². The average Bonchev–Trinajstić information content (AvgIpc) is 2.98. The lowest BCUT2D eigenvalue weighted by Crippen LogP contribution is -2.37. The summed E-state index contributed by atoms with van der Waals surface area (Å²) in [6, 6.07) is 16.7. The maximum atomic E-state index is 10.8. The monoisotopic (exact) mass is 554 g/mol. The summed E-state index contributed by atoms with van der Waals surface area (Å²) >= 11 is 0. The fourth-order valence-corrected chi connectivity index (χ4v) is 5.41. The van der Waals surface area contributed by atoms with Gasteiger partial charge >= 0.3 is 5.97 Å². The third-order valence-corrected chi connectivity index (χ3v) is 7.70. The molecule has 1 fully saturated rings. The molecule has 0 atom stereocenters. The van der Waals surface area contributed by atoms with Gasteiger partial charge in [-0.3, -0.25) is 19.7 Å².